The minimum absolute atomic E-state index is 0.0000898. The highest BCUT2D eigenvalue weighted by Crippen LogP contribution is 2.18. The number of piperidine rings is 1. The number of hydrogen-bond donors (Lipinski definition) is 2. The van der Waals surface area contributed by atoms with Crippen LogP contribution in [0.1, 0.15) is 38.3 Å². The summed E-state index contributed by atoms with van der Waals surface area (Å²) in [6, 6.07) is 7.75. The Balaban J connectivity index is 1.94. The van der Waals surface area contributed by atoms with Gasteiger partial charge in [-0.3, -0.25) is 0 Å². The molecule has 2 amide bonds. The molecule has 4 nitrogen and oxygen atoms in total. The van der Waals surface area contributed by atoms with Gasteiger partial charge in [0.1, 0.15) is 0 Å². The average Bonchev–Trinajstić information content (AvgIpc) is 2.39. The Morgan fingerprint density at radius 3 is 2.68 bits per heavy atom. The molecule has 0 aliphatic carbocycles. The minimum atomic E-state index is 0.0000898. The molecule has 0 bridgehead atoms. The molecule has 2 rings (SSSR count). The molecule has 1 fully saturated rings. The van der Waals surface area contributed by atoms with E-state index in [1.165, 1.54) is 6.42 Å². The minimum Gasteiger partial charge on any atom is -0.324 e. The van der Waals surface area contributed by atoms with E-state index in [9.17, 15) is 4.79 Å². The fraction of sp³-hybridized carbons (Fsp3) is 0.533. The lowest BCUT2D eigenvalue weighted by Gasteiger charge is -2.30. The van der Waals surface area contributed by atoms with Crippen molar-refractivity contribution in [3.8, 4) is 0 Å². The maximum atomic E-state index is 12.1. The first-order chi connectivity index (χ1) is 9.06. The van der Waals surface area contributed by atoms with Crippen molar-refractivity contribution < 1.29 is 4.79 Å². The highest BCUT2D eigenvalue weighted by atomic mass is 16.2. The lowest BCUT2D eigenvalue weighted by molar-refractivity contribution is 0.182. The number of carbonyl (C=O) groups excluding carboxylic acids is 1. The van der Waals surface area contributed by atoms with Gasteiger partial charge in [-0.1, -0.05) is 19.1 Å². The molecule has 0 spiro atoms. The number of nitrogens with two attached hydrogens (primary N) is 1. The van der Waals surface area contributed by atoms with Gasteiger partial charge in [-0.2, -0.15) is 0 Å². The van der Waals surface area contributed by atoms with Crippen molar-refractivity contribution in [2.45, 2.75) is 32.7 Å². The van der Waals surface area contributed by atoms with E-state index in [0.29, 0.717) is 5.92 Å². The second kappa shape index (κ2) is 6.06. The number of rotatable bonds is 2. The summed E-state index contributed by atoms with van der Waals surface area (Å²) in [6.07, 6.45) is 2.31. The molecule has 2 atom stereocenters. The number of amides is 2. The molecule has 104 valence electrons. The van der Waals surface area contributed by atoms with Gasteiger partial charge in [-0.25, -0.2) is 4.79 Å². The zero-order valence-corrected chi connectivity index (χ0v) is 11.7. The Morgan fingerprint density at radius 1 is 1.42 bits per heavy atom. The van der Waals surface area contributed by atoms with Crippen molar-refractivity contribution in [1.29, 1.82) is 0 Å². The third kappa shape index (κ3) is 3.70. The number of likely N-dealkylation sites (tertiary alicyclic amines) is 1. The molecular weight excluding hydrogens is 238 g/mol. The molecular formula is C15H23N3O. The number of nitrogens with one attached hydrogen (secondary N) is 1. The van der Waals surface area contributed by atoms with Crippen LogP contribution in [0.3, 0.4) is 0 Å². The van der Waals surface area contributed by atoms with Crippen molar-refractivity contribution in [3.63, 3.8) is 0 Å². The monoisotopic (exact) mass is 261 g/mol. The van der Waals surface area contributed by atoms with Crippen LogP contribution in [-0.4, -0.2) is 24.0 Å². The highest BCUT2D eigenvalue weighted by molar-refractivity contribution is 5.89. The molecule has 3 N–H and O–H groups in total. The van der Waals surface area contributed by atoms with E-state index in [0.717, 1.165) is 30.8 Å². The summed E-state index contributed by atoms with van der Waals surface area (Å²) in [6.45, 7) is 5.84. The molecule has 1 aromatic rings. The van der Waals surface area contributed by atoms with Gasteiger partial charge in [0.05, 0.1) is 0 Å². The van der Waals surface area contributed by atoms with Gasteiger partial charge in [0.15, 0.2) is 0 Å². The van der Waals surface area contributed by atoms with Crippen LogP contribution in [0.15, 0.2) is 24.3 Å². The number of anilines is 1. The topological polar surface area (TPSA) is 58.4 Å². The zero-order valence-electron chi connectivity index (χ0n) is 11.7. The largest absolute Gasteiger partial charge is 0.324 e. The number of urea groups is 1. The van der Waals surface area contributed by atoms with E-state index >= 15 is 0 Å². The van der Waals surface area contributed by atoms with Gasteiger partial charge in [0, 0.05) is 24.8 Å². The van der Waals surface area contributed by atoms with Crippen LogP contribution in [0.4, 0.5) is 10.5 Å². The van der Waals surface area contributed by atoms with Crippen molar-refractivity contribution >= 4 is 11.7 Å². The fourth-order valence-corrected chi connectivity index (χ4v) is 2.45. The Labute approximate surface area is 115 Å². The maximum absolute atomic E-state index is 12.1. The standard InChI is InChI=1S/C15H23N3O/c1-11-4-3-9-18(10-11)15(19)17-14-7-5-13(6-8-14)12(2)16/h5-8,11-12H,3-4,9-10,16H2,1-2H3,(H,17,19). The first kappa shape index (κ1) is 13.9. The summed E-state index contributed by atoms with van der Waals surface area (Å²) in [7, 11) is 0. The van der Waals surface area contributed by atoms with Crippen LogP contribution in [0, 0.1) is 5.92 Å². The van der Waals surface area contributed by atoms with E-state index in [2.05, 4.69) is 12.2 Å². The molecule has 1 saturated heterocycles. The number of carbonyl (C=O) groups is 1. The molecule has 19 heavy (non-hydrogen) atoms. The molecule has 0 radical (unpaired) electrons. The molecule has 4 heteroatoms. The van der Waals surface area contributed by atoms with Gasteiger partial charge in [0.2, 0.25) is 0 Å². The van der Waals surface area contributed by atoms with E-state index in [1.54, 1.807) is 0 Å². The molecule has 1 aromatic carbocycles. The van der Waals surface area contributed by atoms with Gasteiger partial charge >= 0.3 is 6.03 Å². The second-order valence-corrected chi connectivity index (χ2v) is 5.53. The predicted octanol–water partition coefficient (Wildman–Crippen LogP) is 2.97. The Morgan fingerprint density at radius 2 is 2.11 bits per heavy atom. The van der Waals surface area contributed by atoms with Crippen LogP contribution >= 0.6 is 0 Å². The third-order valence-electron chi connectivity index (χ3n) is 3.63. The fourth-order valence-electron chi connectivity index (χ4n) is 2.45. The van der Waals surface area contributed by atoms with E-state index in [4.69, 9.17) is 5.73 Å². The lowest BCUT2D eigenvalue weighted by atomic mass is 10.0. The van der Waals surface area contributed by atoms with E-state index in [-0.39, 0.29) is 12.1 Å². The van der Waals surface area contributed by atoms with E-state index < -0.39 is 0 Å². The first-order valence-corrected chi connectivity index (χ1v) is 6.97. The summed E-state index contributed by atoms with van der Waals surface area (Å²) in [5, 5.41) is 2.94. The number of nitrogens with zero attached hydrogens (tertiary/aromatic N) is 1. The zero-order chi connectivity index (χ0) is 13.8. The first-order valence-electron chi connectivity index (χ1n) is 6.97. The molecule has 2 unspecified atom stereocenters. The lowest BCUT2D eigenvalue weighted by Crippen LogP contribution is -2.41. The predicted molar refractivity (Wildman–Crippen MR) is 78.0 cm³/mol. The summed E-state index contributed by atoms with van der Waals surface area (Å²) < 4.78 is 0. The van der Waals surface area contributed by atoms with Crippen LogP contribution in [0.25, 0.3) is 0 Å². The number of benzene rings is 1. The normalized spacial score (nSPS) is 21.0. The maximum Gasteiger partial charge on any atom is 0.321 e. The van der Waals surface area contributed by atoms with Crippen molar-refractivity contribution in [3.05, 3.63) is 29.8 Å². The van der Waals surface area contributed by atoms with E-state index in [1.807, 2.05) is 36.1 Å². The van der Waals surface area contributed by atoms with Crippen molar-refractivity contribution in [1.82, 2.24) is 4.90 Å². The Hall–Kier alpha value is -1.55. The Kier molecular flexibility index (Phi) is 4.43. The average molecular weight is 261 g/mol. The van der Waals surface area contributed by atoms with Crippen molar-refractivity contribution in [2.24, 2.45) is 11.7 Å². The van der Waals surface area contributed by atoms with Crippen LogP contribution < -0.4 is 11.1 Å². The summed E-state index contributed by atoms with van der Waals surface area (Å²) in [5.41, 5.74) is 7.70. The summed E-state index contributed by atoms with van der Waals surface area (Å²) in [5.74, 6) is 0.597. The molecule has 0 aromatic heterocycles. The van der Waals surface area contributed by atoms with Crippen LogP contribution in [-0.2, 0) is 0 Å². The quantitative estimate of drug-likeness (QED) is 0.860. The number of hydrogen-bond acceptors (Lipinski definition) is 2. The molecule has 1 aliphatic rings. The summed E-state index contributed by atoms with van der Waals surface area (Å²) >= 11 is 0. The third-order valence-corrected chi connectivity index (χ3v) is 3.63. The smallest absolute Gasteiger partial charge is 0.321 e. The highest BCUT2D eigenvalue weighted by Gasteiger charge is 2.20. The molecule has 0 saturated carbocycles. The van der Waals surface area contributed by atoms with Crippen LogP contribution in [0.2, 0.25) is 0 Å². The second-order valence-electron chi connectivity index (χ2n) is 5.53. The SMILES string of the molecule is CC1CCCN(C(=O)Nc2ccc(C(C)N)cc2)C1. The van der Waals surface area contributed by atoms with Gasteiger partial charge in [-0.15, -0.1) is 0 Å². The summed E-state index contributed by atoms with van der Waals surface area (Å²) in [4.78, 5) is 14.0. The van der Waals surface area contributed by atoms with Gasteiger partial charge < -0.3 is 16.0 Å². The van der Waals surface area contributed by atoms with Crippen LogP contribution in [0.5, 0.6) is 0 Å². The molecule has 1 heterocycles. The molecule has 1 aliphatic heterocycles. The van der Waals surface area contributed by atoms with Gasteiger partial charge in [-0.05, 0) is 43.4 Å². The Bertz CT molecular complexity index is 428. The van der Waals surface area contributed by atoms with Gasteiger partial charge in [0.25, 0.3) is 0 Å². The van der Waals surface area contributed by atoms with Crippen molar-refractivity contribution in [2.75, 3.05) is 18.4 Å².